The zero-order valence-electron chi connectivity index (χ0n) is 11.4. The number of hydrogen-bond donors (Lipinski definition) is 0. The molecule has 0 saturated carbocycles. The Morgan fingerprint density at radius 3 is 2.57 bits per heavy atom. The Labute approximate surface area is 127 Å². The molecule has 2 aromatic carbocycles. The quantitative estimate of drug-likeness (QED) is 0.368. The highest BCUT2D eigenvalue weighted by molar-refractivity contribution is 6.30. The Balaban J connectivity index is 2.05. The van der Waals surface area contributed by atoms with Crippen LogP contribution in [-0.4, -0.2) is 11.8 Å². The second-order valence-corrected chi connectivity index (χ2v) is 4.83. The van der Waals surface area contributed by atoms with Gasteiger partial charge >= 0.3 is 5.97 Å². The molecule has 0 saturated heterocycles. The SMILES string of the molecule is CC(=O)c1cccc(OC(=O)/C=C/c2cccc(Cl)c2)c1. The Morgan fingerprint density at radius 2 is 1.86 bits per heavy atom. The van der Waals surface area contributed by atoms with Crippen LogP contribution in [0.25, 0.3) is 6.08 Å². The first-order valence-electron chi connectivity index (χ1n) is 6.31. The summed E-state index contributed by atoms with van der Waals surface area (Å²) in [6, 6.07) is 13.6. The van der Waals surface area contributed by atoms with E-state index < -0.39 is 5.97 Å². The largest absolute Gasteiger partial charge is 0.423 e. The van der Waals surface area contributed by atoms with Gasteiger partial charge in [0.05, 0.1) is 0 Å². The van der Waals surface area contributed by atoms with E-state index in [1.54, 1.807) is 42.5 Å². The van der Waals surface area contributed by atoms with Crippen LogP contribution in [0.15, 0.2) is 54.6 Å². The Bertz CT molecular complexity index is 705. The summed E-state index contributed by atoms with van der Waals surface area (Å²) in [5, 5.41) is 0.597. The molecular weight excluding hydrogens is 288 g/mol. The van der Waals surface area contributed by atoms with Gasteiger partial charge in [-0.2, -0.15) is 0 Å². The van der Waals surface area contributed by atoms with Crippen molar-refractivity contribution >= 4 is 29.4 Å². The van der Waals surface area contributed by atoms with E-state index in [-0.39, 0.29) is 5.78 Å². The zero-order chi connectivity index (χ0) is 15.2. The molecule has 3 nitrogen and oxygen atoms in total. The minimum atomic E-state index is -0.518. The Hall–Kier alpha value is -2.39. The van der Waals surface area contributed by atoms with Crippen molar-refractivity contribution in [3.05, 3.63) is 70.8 Å². The molecule has 0 unspecified atom stereocenters. The Kier molecular flexibility index (Phi) is 4.90. The maximum Gasteiger partial charge on any atom is 0.336 e. The molecule has 0 aliphatic carbocycles. The summed E-state index contributed by atoms with van der Waals surface area (Å²) in [6.45, 7) is 1.46. The zero-order valence-corrected chi connectivity index (χ0v) is 12.1. The third-order valence-corrected chi connectivity index (χ3v) is 2.95. The lowest BCUT2D eigenvalue weighted by Crippen LogP contribution is -2.04. The molecule has 0 fully saturated rings. The molecule has 0 bridgehead atoms. The second kappa shape index (κ2) is 6.86. The summed E-state index contributed by atoms with van der Waals surface area (Å²) < 4.78 is 5.15. The molecule has 0 N–H and O–H groups in total. The van der Waals surface area contributed by atoms with E-state index in [0.29, 0.717) is 16.3 Å². The van der Waals surface area contributed by atoms with Crippen LogP contribution in [0, 0.1) is 0 Å². The van der Waals surface area contributed by atoms with E-state index in [2.05, 4.69) is 0 Å². The number of rotatable bonds is 4. The summed E-state index contributed by atoms with van der Waals surface area (Å²) in [7, 11) is 0. The molecule has 4 heteroatoms. The van der Waals surface area contributed by atoms with Crippen molar-refractivity contribution in [2.75, 3.05) is 0 Å². The van der Waals surface area contributed by atoms with Crippen LogP contribution in [0.4, 0.5) is 0 Å². The van der Waals surface area contributed by atoms with Crippen LogP contribution >= 0.6 is 11.6 Å². The minimum Gasteiger partial charge on any atom is -0.423 e. The van der Waals surface area contributed by atoms with E-state index >= 15 is 0 Å². The maximum absolute atomic E-state index is 11.7. The molecule has 0 amide bonds. The molecule has 0 radical (unpaired) electrons. The van der Waals surface area contributed by atoms with Crippen LogP contribution in [0.3, 0.4) is 0 Å². The van der Waals surface area contributed by atoms with Crippen LogP contribution in [0.2, 0.25) is 5.02 Å². The summed E-state index contributed by atoms with van der Waals surface area (Å²) in [5.41, 5.74) is 1.30. The molecule has 21 heavy (non-hydrogen) atoms. The molecule has 106 valence electrons. The molecule has 2 aromatic rings. The number of esters is 1. The van der Waals surface area contributed by atoms with E-state index in [4.69, 9.17) is 16.3 Å². The summed E-state index contributed by atoms with van der Waals surface area (Å²) in [4.78, 5) is 23.0. The highest BCUT2D eigenvalue weighted by atomic mass is 35.5. The molecule has 0 spiro atoms. The lowest BCUT2D eigenvalue weighted by atomic mass is 10.1. The lowest BCUT2D eigenvalue weighted by molar-refractivity contribution is -0.128. The number of halogens is 1. The smallest absolute Gasteiger partial charge is 0.336 e. The first-order valence-corrected chi connectivity index (χ1v) is 6.69. The molecule has 0 aromatic heterocycles. The normalized spacial score (nSPS) is 10.6. The standard InChI is InChI=1S/C17H13ClO3/c1-12(19)14-5-3-7-16(11-14)21-17(20)9-8-13-4-2-6-15(18)10-13/h2-11H,1H3/b9-8+. The summed E-state index contributed by atoms with van der Waals surface area (Å²) in [6.07, 6.45) is 2.93. The number of Topliss-reactive ketones (excluding diaryl/α,β-unsaturated/α-hetero) is 1. The van der Waals surface area contributed by atoms with Gasteiger partial charge in [-0.25, -0.2) is 4.79 Å². The molecule has 2 rings (SSSR count). The number of ketones is 1. The average Bonchev–Trinajstić information content (AvgIpc) is 2.45. The van der Waals surface area contributed by atoms with Crippen molar-refractivity contribution in [3.63, 3.8) is 0 Å². The van der Waals surface area contributed by atoms with Gasteiger partial charge < -0.3 is 4.74 Å². The van der Waals surface area contributed by atoms with E-state index in [1.807, 2.05) is 6.07 Å². The Morgan fingerprint density at radius 1 is 1.10 bits per heavy atom. The van der Waals surface area contributed by atoms with Gasteiger partial charge in [0.1, 0.15) is 5.75 Å². The van der Waals surface area contributed by atoms with Gasteiger partial charge in [0, 0.05) is 16.7 Å². The number of ether oxygens (including phenoxy) is 1. The predicted octanol–water partition coefficient (Wildman–Crippen LogP) is 4.16. The third kappa shape index (κ3) is 4.58. The van der Waals surface area contributed by atoms with Crippen molar-refractivity contribution in [2.24, 2.45) is 0 Å². The first kappa shape index (κ1) is 15.0. The van der Waals surface area contributed by atoms with Crippen molar-refractivity contribution in [1.82, 2.24) is 0 Å². The fourth-order valence-electron chi connectivity index (χ4n) is 1.70. The lowest BCUT2D eigenvalue weighted by Gasteiger charge is -2.02. The van der Waals surface area contributed by atoms with Gasteiger partial charge in [-0.3, -0.25) is 4.79 Å². The van der Waals surface area contributed by atoms with Crippen molar-refractivity contribution in [1.29, 1.82) is 0 Å². The molecule has 0 aliphatic rings. The molecule has 0 heterocycles. The highest BCUT2D eigenvalue weighted by Crippen LogP contribution is 2.15. The fraction of sp³-hybridized carbons (Fsp3) is 0.0588. The number of hydrogen-bond acceptors (Lipinski definition) is 3. The van der Waals surface area contributed by atoms with Crippen molar-refractivity contribution in [2.45, 2.75) is 6.92 Å². The fourth-order valence-corrected chi connectivity index (χ4v) is 1.90. The van der Waals surface area contributed by atoms with Gasteiger partial charge in [0.2, 0.25) is 0 Å². The predicted molar refractivity (Wildman–Crippen MR) is 82.6 cm³/mol. The van der Waals surface area contributed by atoms with E-state index in [0.717, 1.165) is 5.56 Å². The maximum atomic E-state index is 11.7. The molecule has 0 atom stereocenters. The van der Waals surface area contributed by atoms with Gasteiger partial charge in [-0.05, 0) is 42.8 Å². The summed E-state index contributed by atoms with van der Waals surface area (Å²) >= 11 is 5.85. The third-order valence-electron chi connectivity index (χ3n) is 2.72. The average molecular weight is 301 g/mol. The number of carbonyl (C=O) groups excluding carboxylic acids is 2. The number of carbonyl (C=O) groups is 2. The van der Waals surface area contributed by atoms with Crippen LogP contribution in [-0.2, 0) is 4.79 Å². The van der Waals surface area contributed by atoms with Crippen molar-refractivity contribution < 1.29 is 14.3 Å². The van der Waals surface area contributed by atoms with Crippen molar-refractivity contribution in [3.8, 4) is 5.75 Å². The van der Waals surface area contributed by atoms with Gasteiger partial charge in [-0.15, -0.1) is 0 Å². The van der Waals surface area contributed by atoms with Gasteiger partial charge in [0.25, 0.3) is 0 Å². The van der Waals surface area contributed by atoms with Gasteiger partial charge in [-0.1, -0.05) is 35.9 Å². The van der Waals surface area contributed by atoms with Crippen LogP contribution in [0.5, 0.6) is 5.75 Å². The number of benzene rings is 2. The molecule has 0 aliphatic heterocycles. The van der Waals surface area contributed by atoms with Gasteiger partial charge in [0.15, 0.2) is 5.78 Å². The summed E-state index contributed by atoms with van der Waals surface area (Å²) in [5.74, 6) is -0.263. The topological polar surface area (TPSA) is 43.4 Å². The second-order valence-electron chi connectivity index (χ2n) is 4.39. The van der Waals surface area contributed by atoms with Crippen LogP contribution < -0.4 is 4.74 Å². The first-order chi connectivity index (χ1) is 10.0. The van der Waals surface area contributed by atoms with E-state index in [9.17, 15) is 9.59 Å². The minimum absolute atomic E-state index is 0.0811. The monoisotopic (exact) mass is 300 g/mol. The van der Waals surface area contributed by atoms with Crippen LogP contribution in [0.1, 0.15) is 22.8 Å². The molecular formula is C17H13ClO3. The highest BCUT2D eigenvalue weighted by Gasteiger charge is 2.04. The van der Waals surface area contributed by atoms with E-state index in [1.165, 1.54) is 19.1 Å².